The Balaban J connectivity index is 2.19. The topological polar surface area (TPSA) is 26.0 Å². The molecule has 2 heteroatoms. The van der Waals surface area contributed by atoms with Gasteiger partial charge in [0.25, 0.3) is 0 Å². The molecule has 1 aliphatic carbocycles. The number of hydrogen-bond donors (Lipinski definition) is 1. The zero-order valence-electron chi connectivity index (χ0n) is 9.17. The number of hydrogen-bond acceptors (Lipinski definition) is 1. The Morgan fingerprint density at radius 3 is 2.33 bits per heavy atom. The van der Waals surface area contributed by atoms with Crippen molar-refractivity contribution in [2.45, 2.75) is 32.4 Å². The molecule has 15 heavy (non-hydrogen) atoms. The molecule has 1 aromatic carbocycles. The third-order valence-corrected chi connectivity index (χ3v) is 3.66. The average Bonchev–Trinajstić information content (AvgIpc) is 2.18. The maximum atomic E-state index is 14.3. The fourth-order valence-electron chi connectivity index (χ4n) is 2.28. The highest BCUT2D eigenvalue weighted by Gasteiger charge is 2.44. The van der Waals surface area contributed by atoms with Gasteiger partial charge < -0.3 is 5.73 Å². The summed E-state index contributed by atoms with van der Waals surface area (Å²) < 4.78 is 14.3. The summed E-state index contributed by atoms with van der Waals surface area (Å²) in [5.74, 6) is 0. The number of nitrogens with two attached hydrogens (primary N) is 1. The Kier molecular flexibility index (Phi) is 2.79. The molecule has 1 unspecified atom stereocenters. The van der Waals surface area contributed by atoms with Crippen LogP contribution in [-0.4, -0.2) is 6.54 Å². The summed E-state index contributed by atoms with van der Waals surface area (Å²) in [5.41, 5.74) is 7.38. The van der Waals surface area contributed by atoms with E-state index in [1.165, 1.54) is 5.56 Å². The minimum atomic E-state index is -0.892. The predicted molar refractivity (Wildman–Crippen MR) is 60.4 cm³/mol. The number of aryl methyl sites for hydroxylation is 1. The third-order valence-electron chi connectivity index (χ3n) is 3.66. The van der Waals surface area contributed by atoms with Gasteiger partial charge in [0.1, 0.15) is 6.17 Å². The van der Waals surface area contributed by atoms with E-state index in [0.717, 1.165) is 24.8 Å². The normalized spacial score (nSPS) is 20.7. The van der Waals surface area contributed by atoms with Crippen molar-refractivity contribution in [2.75, 3.05) is 6.54 Å². The third kappa shape index (κ3) is 1.78. The molecular formula is C13H18FN. The molecule has 2 N–H and O–H groups in total. The van der Waals surface area contributed by atoms with E-state index in [-0.39, 0.29) is 5.41 Å². The maximum Gasteiger partial charge on any atom is 0.132 e. The van der Waals surface area contributed by atoms with Gasteiger partial charge in [-0.3, -0.25) is 0 Å². The largest absolute Gasteiger partial charge is 0.330 e. The van der Waals surface area contributed by atoms with Gasteiger partial charge in [-0.1, -0.05) is 36.2 Å². The molecule has 1 nitrogen and oxygen atoms in total. The summed E-state index contributed by atoms with van der Waals surface area (Å²) in [6.45, 7) is 2.47. The summed E-state index contributed by atoms with van der Waals surface area (Å²) >= 11 is 0. The van der Waals surface area contributed by atoms with Gasteiger partial charge in [-0.05, 0) is 25.3 Å². The SMILES string of the molecule is Cc1ccc(C(F)C2(CN)CCC2)cc1. The van der Waals surface area contributed by atoms with Crippen molar-refractivity contribution in [1.29, 1.82) is 0 Å². The average molecular weight is 207 g/mol. The summed E-state index contributed by atoms with van der Waals surface area (Å²) in [6.07, 6.45) is 2.08. The summed E-state index contributed by atoms with van der Waals surface area (Å²) in [6, 6.07) is 7.70. The fraction of sp³-hybridized carbons (Fsp3) is 0.538. The lowest BCUT2D eigenvalue weighted by molar-refractivity contribution is 0.0284. The summed E-state index contributed by atoms with van der Waals surface area (Å²) in [5, 5.41) is 0. The Hall–Kier alpha value is -0.890. The van der Waals surface area contributed by atoms with Gasteiger partial charge in [0.05, 0.1) is 0 Å². The van der Waals surface area contributed by atoms with E-state index in [9.17, 15) is 4.39 Å². The summed E-state index contributed by atoms with van der Waals surface area (Å²) in [4.78, 5) is 0. The lowest BCUT2D eigenvalue weighted by Crippen LogP contribution is -2.41. The Labute approximate surface area is 90.5 Å². The van der Waals surface area contributed by atoms with Crippen LogP contribution in [0.15, 0.2) is 24.3 Å². The monoisotopic (exact) mass is 207 g/mol. The highest BCUT2D eigenvalue weighted by Crippen LogP contribution is 2.51. The van der Waals surface area contributed by atoms with Gasteiger partial charge in [0.2, 0.25) is 0 Å². The van der Waals surface area contributed by atoms with E-state index in [2.05, 4.69) is 0 Å². The van der Waals surface area contributed by atoms with E-state index in [0.29, 0.717) is 6.54 Å². The Morgan fingerprint density at radius 2 is 1.93 bits per heavy atom. The number of alkyl halides is 1. The van der Waals surface area contributed by atoms with Crippen LogP contribution in [0, 0.1) is 12.3 Å². The van der Waals surface area contributed by atoms with Crippen molar-refractivity contribution in [3.63, 3.8) is 0 Å². The lowest BCUT2D eigenvalue weighted by Gasteiger charge is -2.43. The predicted octanol–water partition coefficient (Wildman–Crippen LogP) is 3.13. The number of halogens is 1. The van der Waals surface area contributed by atoms with Gasteiger partial charge in [0, 0.05) is 12.0 Å². The minimum Gasteiger partial charge on any atom is -0.330 e. The van der Waals surface area contributed by atoms with Crippen LogP contribution in [-0.2, 0) is 0 Å². The molecule has 0 aliphatic heterocycles. The smallest absolute Gasteiger partial charge is 0.132 e. The number of benzene rings is 1. The minimum absolute atomic E-state index is 0.269. The zero-order chi connectivity index (χ0) is 10.9. The molecule has 0 amide bonds. The van der Waals surface area contributed by atoms with Crippen LogP contribution in [0.4, 0.5) is 4.39 Å². The second-order valence-corrected chi connectivity index (χ2v) is 4.69. The first-order valence-corrected chi connectivity index (χ1v) is 5.59. The van der Waals surface area contributed by atoms with Crippen LogP contribution >= 0.6 is 0 Å². The molecule has 1 atom stereocenters. The standard InChI is InChI=1S/C13H18FN/c1-10-3-5-11(6-4-10)12(14)13(9-15)7-2-8-13/h3-6,12H,2,7-9,15H2,1H3. The zero-order valence-corrected chi connectivity index (χ0v) is 9.17. The van der Waals surface area contributed by atoms with E-state index in [1.807, 2.05) is 31.2 Å². The molecular weight excluding hydrogens is 189 g/mol. The molecule has 82 valence electrons. The van der Waals surface area contributed by atoms with Crippen molar-refractivity contribution in [2.24, 2.45) is 11.1 Å². The van der Waals surface area contributed by atoms with Gasteiger partial charge in [-0.25, -0.2) is 4.39 Å². The molecule has 1 aliphatic rings. The van der Waals surface area contributed by atoms with Gasteiger partial charge in [-0.2, -0.15) is 0 Å². The molecule has 2 rings (SSSR count). The van der Waals surface area contributed by atoms with Gasteiger partial charge in [-0.15, -0.1) is 0 Å². The van der Waals surface area contributed by atoms with Gasteiger partial charge >= 0.3 is 0 Å². The van der Waals surface area contributed by atoms with Crippen LogP contribution in [0.1, 0.15) is 36.6 Å². The molecule has 1 saturated carbocycles. The van der Waals surface area contributed by atoms with Crippen LogP contribution < -0.4 is 5.73 Å². The van der Waals surface area contributed by atoms with Crippen LogP contribution in [0.3, 0.4) is 0 Å². The van der Waals surface area contributed by atoms with Crippen LogP contribution in [0.5, 0.6) is 0 Å². The molecule has 0 radical (unpaired) electrons. The van der Waals surface area contributed by atoms with Crippen molar-refractivity contribution < 1.29 is 4.39 Å². The van der Waals surface area contributed by atoms with E-state index in [1.54, 1.807) is 0 Å². The maximum absolute atomic E-state index is 14.3. The van der Waals surface area contributed by atoms with Crippen LogP contribution in [0.2, 0.25) is 0 Å². The van der Waals surface area contributed by atoms with Crippen molar-refractivity contribution in [3.8, 4) is 0 Å². The first-order valence-electron chi connectivity index (χ1n) is 5.59. The molecule has 0 heterocycles. The first-order chi connectivity index (χ1) is 7.18. The number of rotatable bonds is 3. The second kappa shape index (κ2) is 3.93. The summed E-state index contributed by atoms with van der Waals surface area (Å²) in [7, 11) is 0. The Bertz CT molecular complexity index is 321. The van der Waals surface area contributed by atoms with Crippen molar-refractivity contribution >= 4 is 0 Å². The fourth-order valence-corrected chi connectivity index (χ4v) is 2.28. The van der Waals surface area contributed by atoms with Crippen LogP contribution in [0.25, 0.3) is 0 Å². The van der Waals surface area contributed by atoms with E-state index in [4.69, 9.17) is 5.73 Å². The van der Waals surface area contributed by atoms with Crippen molar-refractivity contribution in [3.05, 3.63) is 35.4 Å². The molecule has 0 spiro atoms. The highest BCUT2D eigenvalue weighted by atomic mass is 19.1. The van der Waals surface area contributed by atoms with Crippen molar-refractivity contribution in [1.82, 2.24) is 0 Å². The Morgan fingerprint density at radius 1 is 1.33 bits per heavy atom. The molecule has 0 bridgehead atoms. The highest BCUT2D eigenvalue weighted by molar-refractivity contribution is 5.25. The van der Waals surface area contributed by atoms with E-state index >= 15 is 0 Å². The molecule has 0 saturated heterocycles. The van der Waals surface area contributed by atoms with E-state index < -0.39 is 6.17 Å². The second-order valence-electron chi connectivity index (χ2n) is 4.69. The quantitative estimate of drug-likeness (QED) is 0.809. The lowest BCUT2D eigenvalue weighted by atomic mass is 9.64. The molecule has 1 aromatic rings. The molecule has 1 fully saturated rings. The molecule has 0 aromatic heterocycles. The first kappa shape index (κ1) is 10.6. The van der Waals surface area contributed by atoms with Gasteiger partial charge in [0.15, 0.2) is 0 Å².